The number of hydrogen-bond acceptors (Lipinski definition) is 2. The average Bonchev–Trinajstić information content (AvgIpc) is 2.26. The summed E-state index contributed by atoms with van der Waals surface area (Å²) in [5.41, 5.74) is 6.86. The number of fused-ring (bicyclic) bond motifs is 1. The predicted octanol–water partition coefficient (Wildman–Crippen LogP) is 3.50. The second-order valence-corrected chi connectivity index (χ2v) is 4.49. The summed E-state index contributed by atoms with van der Waals surface area (Å²) in [5, 5.41) is 3.25. The van der Waals surface area contributed by atoms with E-state index in [1.807, 2.05) is 0 Å². The topological polar surface area (TPSA) is 26.0 Å². The van der Waals surface area contributed by atoms with Crippen LogP contribution in [0.3, 0.4) is 0 Å². The Labute approximate surface area is 94.0 Å². The Morgan fingerprint density at radius 1 is 1.13 bits per heavy atom. The molecule has 0 saturated carbocycles. The molecule has 0 unspecified atom stereocenters. The third-order valence-electron chi connectivity index (χ3n) is 2.29. The van der Waals surface area contributed by atoms with Crippen LogP contribution in [0.4, 0.5) is 0 Å². The van der Waals surface area contributed by atoms with Gasteiger partial charge in [0.25, 0.3) is 0 Å². The lowest BCUT2D eigenvalue weighted by molar-refractivity contribution is 1.45. The first-order chi connectivity index (χ1) is 7.27. The molecule has 2 N–H and O–H groups in total. The van der Waals surface area contributed by atoms with Gasteiger partial charge in [0, 0.05) is 5.75 Å². The van der Waals surface area contributed by atoms with Crippen LogP contribution in [0, 0.1) is 0 Å². The lowest BCUT2D eigenvalue weighted by atomic mass is 10.1. The van der Waals surface area contributed by atoms with Gasteiger partial charge in [0.15, 0.2) is 0 Å². The molecule has 0 bridgehead atoms. The summed E-state index contributed by atoms with van der Waals surface area (Å²) in [5.74, 6) is 0.886. The molecule has 15 heavy (non-hydrogen) atoms. The van der Waals surface area contributed by atoms with E-state index in [1.54, 1.807) is 11.8 Å². The zero-order chi connectivity index (χ0) is 10.7. The van der Waals surface area contributed by atoms with E-state index in [1.165, 1.54) is 16.3 Å². The molecule has 0 aliphatic carbocycles. The Kier molecular flexibility index (Phi) is 2.97. The van der Waals surface area contributed by atoms with Gasteiger partial charge in [0.1, 0.15) is 0 Å². The molecule has 2 aromatic rings. The molecule has 2 rings (SSSR count). The monoisotopic (exact) mass is 215 g/mol. The fourth-order valence-corrected chi connectivity index (χ4v) is 2.18. The second-order valence-electron chi connectivity index (χ2n) is 3.39. The molecular formula is C13H13NS. The zero-order valence-corrected chi connectivity index (χ0v) is 9.26. The van der Waals surface area contributed by atoms with Gasteiger partial charge in [-0.3, -0.25) is 0 Å². The third-order valence-corrected chi connectivity index (χ3v) is 3.12. The van der Waals surface area contributed by atoms with Gasteiger partial charge in [-0.15, -0.1) is 11.8 Å². The maximum absolute atomic E-state index is 5.55. The molecule has 76 valence electrons. The minimum absolute atomic E-state index is 0.669. The highest BCUT2D eigenvalue weighted by molar-refractivity contribution is 8.02. The highest BCUT2D eigenvalue weighted by Gasteiger charge is 2.00. The van der Waals surface area contributed by atoms with Crippen LogP contribution in [0.15, 0.2) is 54.1 Å². The Hall–Kier alpha value is -1.41. The first-order valence-electron chi connectivity index (χ1n) is 4.81. The molecule has 2 heteroatoms. The van der Waals surface area contributed by atoms with Crippen LogP contribution in [-0.2, 0) is 5.75 Å². The van der Waals surface area contributed by atoms with Gasteiger partial charge in [0.05, 0.1) is 5.03 Å². The van der Waals surface area contributed by atoms with Gasteiger partial charge in [-0.05, 0) is 16.3 Å². The van der Waals surface area contributed by atoms with Gasteiger partial charge in [-0.2, -0.15) is 0 Å². The fraction of sp³-hybridized carbons (Fsp3) is 0.0769. The molecule has 1 nitrogen and oxygen atoms in total. The van der Waals surface area contributed by atoms with Crippen molar-refractivity contribution in [1.82, 2.24) is 0 Å². The van der Waals surface area contributed by atoms with Crippen molar-refractivity contribution >= 4 is 22.5 Å². The van der Waals surface area contributed by atoms with E-state index < -0.39 is 0 Å². The van der Waals surface area contributed by atoms with E-state index in [-0.39, 0.29) is 0 Å². The first kappa shape index (κ1) is 10.1. The number of rotatable bonds is 3. The molecule has 0 atom stereocenters. The van der Waals surface area contributed by atoms with Gasteiger partial charge in [-0.25, -0.2) is 0 Å². The third kappa shape index (κ3) is 2.34. The maximum atomic E-state index is 5.55. The highest BCUT2D eigenvalue weighted by atomic mass is 32.2. The van der Waals surface area contributed by atoms with E-state index in [0.717, 1.165) is 5.75 Å². The predicted molar refractivity (Wildman–Crippen MR) is 68.6 cm³/mol. The molecule has 2 aromatic carbocycles. The smallest absolute Gasteiger partial charge is 0.0585 e. The molecule has 0 spiro atoms. The van der Waals surface area contributed by atoms with Crippen LogP contribution < -0.4 is 5.73 Å². The van der Waals surface area contributed by atoms with E-state index in [9.17, 15) is 0 Å². The molecule has 0 radical (unpaired) electrons. The Morgan fingerprint density at radius 3 is 2.67 bits per heavy atom. The van der Waals surface area contributed by atoms with Crippen molar-refractivity contribution < 1.29 is 0 Å². The van der Waals surface area contributed by atoms with Crippen molar-refractivity contribution in [3.05, 3.63) is 59.6 Å². The van der Waals surface area contributed by atoms with Gasteiger partial charge >= 0.3 is 0 Å². The lowest BCUT2D eigenvalue weighted by Gasteiger charge is -2.05. The molecule has 0 heterocycles. The maximum Gasteiger partial charge on any atom is 0.0585 e. The largest absolute Gasteiger partial charge is 0.394 e. The molecule has 0 amide bonds. The summed E-state index contributed by atoms with van der Waals surface area (Å²) in [4.78, 5) is 0. The summed E-state index contributed by atoms with van der Waals surface area (Å²) in [6, 6.07) is 14.7. The van der Waals surface area contributed by atoms with E-state index >= 15 is 0 Å². The van der Waals surface area contributed by atoms with Crippen molar-refractivity contribution in [2.24, 2.45) is 5.73 Å². The highest BCUT2D eigenvalue weighted by Crippen LogP contribution is 2.23. The standard InChI is InChI=1S/C13H13NS/c1-10(14)15-9-12-7-4-6-11-5-2-3-8-13(11)12/h2-8H,1,9,14H2. The molecule has 0 saturated heterocycles. The second kappa shape index (κ2) is 4.41. The van der Waals surface area contributed by atoms with Crippen molar-refractivity contribution in [3.63, 3.8) is 0 Å². The number of thioether (sulfide) groups is 1. The van der Waals surface area contributed by atoms with E-state index in [2.05, 4.69) is 49.0 Å². The van der Waals surface area contributed by atoms with Gasteiger partial charge in [0.2, 0.25) is 0 Å². The average molecular weight is 215 g/mol. The van der Waals surface area contributed by atoms with Gasteiger partial charge < -0.3 is 5.73 Å². The Balaban J connectivity index is 2.38. The Bertz CT molecular complexity index is 485. The quantitative estimate of drug-likeness (QED) is 0.848. The molecule has 0 aliphatic rings. The van der Waals surface area contributed by atoms with Crippen molar-refractivity contribution in [3.8, 4) is 0 Å². The normalized spacial score (nSPS) is 10.4. The Morgan fingerprint density at radius 2 is 1.87 bits per heavy atom. The minimum atomic E-state index is 0.669. The van der Waals surface area contributed by atoms with Crippen LogP contribution in [0.5, 0.6) is 0 Å². The van der Waals surface area contributed by atoms with Crippen LogP contribution in [-0.4, -0.2) is 0 Å². The number of benzene rings is 2. The number of hydrogen-bond donors (Lipinski definition) is 1. The van der Waals surface area contributed by atoms with Crippen LogP contribution >= 0.6 is 11.8 Å². The summed E-state index contributed by atoms with van der Waals surface area (Å²) < 4.78 is 0. The molecular weight excluding hydrogens is 202 g/mol. The molecule has 0 aromatic heterocycles. The minimum Gasteiger partial charge on any atom is -0.394 e. The summed E-state index contributed by atoms with van der Waals surface area (Å²) >= 11 is 1.58. The van der Waals surface area contributed by atoms with E-state index in [4.69, 9.17) is 5.73 Å². The van der Waals surface area contributed by atoms with Crippen LogP contribution in [0.2, 0.25) is 0 Å². The van der Waals surface area contributed by atoms with Crippen molar-refractivity contribution in [1.29, 1.82) is 0 Å². The number of nitrogens with two attached hydrogens (primary N) is 1. The van der Waals surface area contributed by atoms with E-state index in [0.29, 0.717) is 5.03 Å². The summed E-state index contributed by atoms with van der Waals surface area (Å²) in [7, 11) is 0. The van der Waals surface area contributed by atoms with Crippen molar-refractivity contribution in [2.45, 2.75) is 5.75 Å². The summed E-state index contributed by atoms with van der Waals surface area (Å²) in [6.45, 7) is 3.69. The molecule has 0 fully saturated rings. The molecule has 0 aliphatic heterocycles. The van der Waals surface area contributed by atoms with Crippen LogP contribution in [0.1, 0.15) is 5.56 Å². The summed E-state index contributed by atoms with van der Waals surface area (Å²) in [6.07, 6.45) is 0. The zero-order valence-electron chi connectivity index (χ0n) is 8.44. The van der Waals surface area contributed by atoms with Crippen LogP contribution in [0.25, 0.3) is 10.8 Å². The van der Waals surface area contributed by atoms with Crippen molar-refractivity contribution in [2.75, 3.05) is 0 Å². The first-order valence-corrected chi connectivity index (χ1v) is 5.80. The fourth-order valence-electron chi connectivity index (χ4n) is 1.59. The lowest BCUT2D eigenvalue weighted by Crippen LogP contribution is -1.90. The SMILES string of the molecule is C=C(N)SCc1cccc2ccccc12. The van der Waals surface area contributed by atoms with Gasteiger partial charge in [-0.1, -0.05) is 49.0 Å².